The first-order valence-corrected chi connectivity index (χ1v) is 6.33. The summed E-state index contributed by atoms with van der Waals surface area (Å²) in [6, 6.07) is 10.0. The lowest BCUT2D eigenvalue weighted by Gasteiger charge is -2.24. The Morgan fingerprint density at radius 3 is 2.79 bits per heavy atom. The zero-order chi connectivity index (χ0) is 13.5. The zero-order valence-corrected chi connectivity index (χ0v) is 11.3. The molecule has 0 radical (unpaired) electrons. The number of H-pyrrole nitrogens is 1. The molecule has 0 atom stereocenters. The van der Waals surface area contributed by atoms with Crippen molar-refractivity contribution in [2.24, 2.45) is 0 Å². The fraction of sp³-hybridized carbons (Fsp3) is 0.267. The molecule has 2 heterocycles. The van der Waals surface area contributed by atoms with Crippen LogP contribution in [0.5, 0.6) is 0 Å². The Morgan fingerprint density at radius 2 is 2.11 bits per heavy atom. The maximum Gasteiger partial charge on any atom is 0.174 e. The quantitative estimate of drug-likeness (QED) is 0.755. The monoisotopic (exact) mass is 255 g/mol. The summed E-state index contributed by atoms with van der Waals surface area (Å²) in [6.07, 6.45) is 1.65. The van der Waals surface area contributed by atoms with Gasteiger partial charge in [-0.1, -0.05) is 6.07 Å². The van der Waals surface area contributed by atoms with E-state index in [1.807, 2.05) is 25.2 Å². The van der Waals surface area contributed by atoms with Crippen molar-refractivity contribution in [1.82, 2.24) is 15.3 Å². The molecule has 0 aliphatic rings. The lowest BCUT2D eigenvalue weighted by Crippen LogP contribution is -2.32. The van der Waals surface area contributed by atoms with Crippen LogP contribution in [0.2, 0.25) is 0 Å². The van der Waals surface area contributed by atoms with Gasteiger partial charge in [-0.3, -0.25) is 0 Å². The largest absolute Gasteiger partial charge is 0.461 e. The molecule has 2 aromatic heterocycles. The van der Waals surface area contributed by atoms with Crippen LogP contribution in [0, 0.1) is 0 Å². The van der Waals surface area contributed by atoms with Gasteiger partial charge in [-0.25, -0.2) is 4.98 Å². The molecule has 0 aliphatic heterocycles. The predicted molar refractivity (Wildman–Crippen MR) is 75.9 cm³/mol. The minimum Gasteiger partial charge on any atom is -0.461 e. The molecule has 3 aromatic rings. The smallest absolute Gasteiger partial charge is 0.174 e. The Balaban J connectivity index is 2.09. The van der Waals surface area contributed by atoms with Crippen LogP contribution >= 0.6 is 0 Å². The van der Waals surface area contributed by atoms with Crippen LogP contribution in [0.25, 0.3) is 22.6 Å². The highest BCUT2D eigenvalue weighted by Gasteiger charge is 2.18. The number of hydrogen-bond acceptors (Lipinski definition) is 3. The normalized spacial score (nSPS) is 12.2. The maximum absolute atomic E-state index is 5.36. The lowest BCUT2D eigenvalue weighted by molar-refractivity contribution is 0.445. The van der Waals surface area contributed by atoms with E-state index < -0.39 is 0 Å². The highest BCUT2D eigenvalue weighted by Crippen LogP contribution is 2.25. The molecule has 4 heteroatoms. The van der Waals surface area contributed by atoms with E-state index >= 15 is 0 Å². The third-order valence-corrected chi connectivity index (χ3v) is 3.58. The van der Waals surface area contributed by atoms with Gasteiger partial charge in [0.25, 0.3) is 0 Å². The van der Waals surface area contributed by atoms with E-state index in [0.717, 1.165) is 22.6 Å². The molecular weight excluding hydrogens is 238 g/mol. The van der Waals surface area contributed by atoms with Gasteiger partial charge in [0.05, 0.1) is 17.3 Å². The number of nitrogens with zero attached hydrogens (tertiary/aromatic N) is 1. The van der Waals surface area contributed by atoms with E-state index in [1.165, 1.54) is 5.56 Å². The summed E-state index contributed by atoms with van der Waals surface area (Å²) in [4.78, 5) is 7.84. The number of aromatic nitrogens is 2. The van der Waals surface area contributed by atoms with Crippen molar-refractivity contribution in [1.29, 1.82) is 0 Å². The summed E-state index contributed by atoms with van der Waals surface area (Å²) in [6.45, 7) is 4.30. The fourth-order valence-electron chi connectivity index (χ4n) is 2.07. The third kappa shape index (κ3) is 2.04. The van der Waals surface area contributed by atoms with Gasteiger partial charge in [0.1, 0.15) is 0 Å². The number of hydrogen-bond donors (Lipinski definition) is 2. The molecule has 0 aliphatic carbocycles. The fourth-order valence-corrected chi connectivity index (χ4v) is 2.07. The third-order valence-electron chi connectivity index (χ3n) is 3.58. The van der Waals surface area contributed by atoms with Gasteiger partial charge in [-0.2, -0.15) is 0 Å². The highest BCUT2D eigenvalue weighted by molar-refractivity contribution is 5.79. The second kappa shape index (κ2) is 4.24. The second-order valence-electron chi connectivity index (χ2n) is 5.17. The topological polar surface area (TPSA) is 53.9 Å². The molecule has 0 amide bonds. The molecule has 0 saturated heterocycles. The molecule has 1 aromatic carbocycles. The average molecular weight is 255 g/mol. The van der Waals surface area contributed by atoms with E-state index in [0.29, 0.717) is 0 Å². The number of fused-ring (bicyclic) bond motifs is 1. The van der Waals surface area contributed by atoms with Crippen molar-refractivity contribution in [2.75, 3.05) is 7.05 Å². The standard InChI is InChI=1S/C15H17N3O/c1-15(2,16-3)10-6-7-11-12(9-10)18-14(17-11)13-5-4-8-19-13/h4-9,16H,1-3H3,(H,17,18). The van der Waals surface area contributed by atoms with Crippen LogP contribution in [0.4, 0.5) is 0 Å². The van der Waals surface area contributed by atoms with Crippen molar-refractivity contribution in [3.05, 3.63) is 42.2 Å². The van der Waals surface area contributed by atoms with Crippen molar-refractivity contribution in [2.45, 2.75) is 19.4 Å². The van der Waals surface area contributed by atoms with Gasteiger partial charge in [0, 0.05) is 5.54 Å². The molecule has 3 rings (SSSR count). The number of nitrogens with one attached hydrogen (secondary N) is 2. The molecule has 0 bridgehead atoms. The number of benzene rings is 1. The molecular formula is C15H17N3O. The minimum atomic E-state index is -0.0653. The molecule has 0 fully saturated rings. The van der Waals surface area contributed by atoms with Gasteiger partial charge < -0.3 is 14.7 Å². The molecule has 2 N–H and O–H groups in total. The van der Waals surface area contributed by atoms with Crippen molar-refractivity contribution in [3.8, 4) is 11.6 Å². The van der Waals surface area contributed by atoms with E-state index in [2.05, 4.69) is 41.3 Å². The van der Waals surface area contributed by atoms with Crippen molar-refractivity contribution >= 4 is 11.0 Å². The van der Waals surface area contributed by atoms with Crippen LogP contribution in [-0.2, 0) is 5.54 Å². The van der Waals surface area contributed by atoms with Crippen LogP contribution in [0.1, 0.15) is 19.4 Å². The van der Waals surface area contributed by atoms with E-state index in [4.69, 9.17) is 4.42 Å². The van der Waals surface area contributed by atoms with E-state index in [1.54, 1.807) is 6.26 Å². The molecule has 19 heavy (non-hydrogen) atoms. The highest BCUT2D eigenvalue weighted by atomic mass is 16.3. The number of furan rings is 1. The minimum absolute atomic E-state index is 0.0653. The first kappa shape index (κ1) is 12.0. The van der Waals surface area contributed by atoms with Gasteiger partial charge in [-0.15, -0.1) is 0 Å². The summed E-state index contributed by atoms with van der Waals surface area (Å²) < 4.78 is 5.36. The summed E-state index contributed by atoms with van der Waals surface area (Å²) in [5.41, 5.74) is 3.12. The first-order valence-electron chi connectivity index (χ1n) is 6.33. The molecule has 0 spiro atoms. The molecule has 4 nitrogen and oxygen atoms in total. The Kier molecular flexibility index (Phi) is 2.68. The van der Waals surface area contributed by atoms with Crippen LogP contribution in [0.15, 0.2) is 41.0 Å². The van der Waals surface area contributed by atoms with Gasteiger partial charge in [-0.05, 0) is 50.7 Å². The maximum atomic E-state index is 5.36. The summed E-state index contributed by atoms with van der Waals surface area (Å²) in [7, 11) is 1.96. The van der Waals surface area contributed by atoms with Crippen LogP contribution < -0.4 is 5.32 Å². The van der Waals surface area contributed by atoms with Gasteiger partial charge in [0.15, 0.2) is 11.6 Å². The first-order chi connectivity index (χ1) is 9.10. The second-order valence-corrected chi connectivity index (χ2v) is 5.17. The average Bonchev–Trinajstić information content (AvgIpc) is 3.06. The van der Waals surface area contributed by atoms with E-state index in [-0.39, 0.29) is 5.54 Å². The number of aromatic amines is 1. The van der Waals surface area contributed by atoms with Gasteiger partial charge in [0.2, 0.25) is 0 Å². The Hall–Kier alpha value is -2.07. The van der Waals surface area contributed by atoms with Crippen molar-refractivity contribution < 1.29 is 4.42 Å². The van der Waals surface area contributed by atoms with Crippen LogP contribution in [-0.4, -0.2) is 17.0 Å². The molecule has 0 unspecified atom stereocenters. The van der Waals surface area contributed by atoms with Gasteiger partial charge >= 0.3 is 0 Å². The lowest BCUT2D eigenvalue weighted by atomic mass is 9.94. The molecule has 0 saturated carbocycles. The Labute approximate surface area is 111 Å². The summed E-state index contributed by atoms with van der Waals surface area (Å²) >= 11 is 0. The predicted octanol–water partition coefficient (Wildman–Crippen LogP) is 3.28. The Bertz CT molecular complexity index is 695. The summed E-state index contributed by atoms with van der Waals surface area (Å²) in [5, 5.41) is 3.30. The van der Waals surface area contributed by atoms with Crippen LogP contribution in [0.3, 0.4) is 0 Å². The molecule has 98 valence electrons. The SMILES string of the molecule is CNC(C)(C)c1ccc2nc(-c3ccco3)[nH]c2c1. The Morgan fingerprint density at radius 1 is 1.26 bits per heavy atom. The van der Waals surface area contributed by atoms with E-state index in [9.17, 15) is 0 Å². The zero-order valence-electron chi connectivity index (χ0n) is 11.3. The number of rotatable bonds is 3. The number of imidazole rings is 1. The van der Waals surface area contributed by atoms with Crippen molar-refractivity contribution in [3.63, 3.8) is 0 Å². The summed E-state index contributed by atoms with van der Waals surface area (Å²) in [5.74, 6) is 1.52.